The summed E-state index contributed by atoms with van der Waals surface area (Å²) in [6, 6.07) is -0.0780. The first-order valence-corrected chi connectivity index (χ1v) is 7.70. The average molecular weight is 337 g/mol. The lowest BCUT2D eigenvalue weighted by Crippen LogP contribution is -2.37. The molecule has 1 heterocycles. The lowest BCUT2D eigenvalue weighted by molar-refractivity contribution is 0.0509. The van der Waals surface area contributed by atoms with E-state index in [1.807, 2.05) is 39.8 Å². The molecular formula is C17H27N3O4. The highest BCUT2D eigenvalue weighted by Crippen LogP contribution is 2.35. The molecule has 1 aromatic rings. The molecule has 0 aromatic carbocycles. The van der Waals surface area contributed by atoms with Crippen LogP contribution in [0.4, 0.5) is 10.6 Å². The van der Waals surface area contributed by atoms with Crippen molar-refractivity contribution in [1.29, 1.82) is 0 Å². The van der Waals surface area contributed by atoms with Gasteiger partial charge in [0.25, 0.3) is 0 Å². The Kier molecular flexibility index (Phi) is 6.88. The van der Waals surface area contributed by atoms with Gasteiger partial charge in [-0.15, -0.1) is 0 Å². The molecule has 7 nitrogen and oxygen atoms in total. The molecule has 7 heteroatoms. The van der Waals surface area contributed by atoms with Crippen molar-refractivity contribution in [1.82, 2.24) is 10.3 Å². The van der Waals surface area contributed by atoms with Crippen LogP contribution in [0.15, 0.2) is 12.3 Å². The van der Waals surface area contributed by atoms with E-state index in [1.54, 1.807) is 13.3 Å². The lowest BCUT2D eigenvalue weighted by Gasteiger charge is -2.21. The number of pyridine rings is 1. The van der Waals surface area contributed by atoms with Crippen molar-refractivity contribution in [2.24, 2.45) is 0 Å². The van der Waals surface area contributed by atoms with E-state index < -0.39 is 11.7 Å². The van der Waals surface area contributed by atoms with Crippen molar-refractivity contribution < 1.29 is 19.0 Å². The number of nitrogens with zero attached hydrogens (tertiary/aromatic N) is 1. The number of aromatic nitrogens is 1. The smallest absolute Gasteiger partial charge is 0.407 e. The van der Waals surface area contributed by atoms with E-state index in [0.717, 1.165) is 5.56 Å². The number of hydrogen-bond donors (Lipinski definition) is 2. The molecule has 1 atom stereocenters. The third-order valence-electron chi connectivity index (χ3n) is 3.00. The quantitative estimate of drug-likeness (QED) is 0.828. The van der Waals surface area contributed by atoms with Crippen LogP contribution in [-0.2, 0) is 4.74 Å². The van der Waals surface area contributed by atoms with Gasteiger partial charge in [0.15, 0.2) is 11.6 Å². The maximum Gasteiger partial charge on any atom is 0.407 e. The van der Waals surface area contributed by atoms with Crippen molar-refractivity contribution in [3.05, 3.63) is 17.8 Å². The average Bonchev–Trinajstić information content (AvgIpc) is 2.45. The molecule has 0 aliphatic carbocycles. The van der Waals surface area contributed by atoms with Crippen LogP contribution >= 0.6 is 0 Å². The number of nitrogen functional groups attached to an aromatic ring is 1. The summed E-state index contributed by atoms with van der Waals surface area (Å²) in [5, 5.41) is 2.78. The van der Waals surface area contributed by atoms with Crippen LogP contribution < -0.4 is 20.5 Å². The van der Waals surface area contributed by atoms with Gasteiger partial charge in [-0.3, -0.25) is 0 Å². The molecule has 1 aromatic heterocycles. The van der Waals surface area contributed by atoms with Gasteiger partial charge in [0.1, 0.15) is 5.60 Å². The van der Waals surface area contributed by atoms with Gasteiger partial charge in [0.05, 0.1) is 14.2 Å². The maximum absolute atomic E-state index is 11.7. The minimum Gasteiger partial charge on any atom is -0.492 e. The van der Waals surface area contributed by atoms with Crippen LogP contribution in [0.5, 0.6) is 11.5 Å². The SMILES string of the molecule is COc1c(/C=C/C[C@H](C)NC(=O)OC(C)(C)C)cnc(N)c1OC. The van der Waals surface area contributed by atoms with E-state index in [-0.39, 0.29) is 11.9 Å². The molecule has 0 fully saturated rings. The first kappa shape index (κ1) is 19.6. The molecule has 0 saturated heterocycles. The molecule has 0 aliphatic rings. The molecule has 134 valence electrons. The second kappa shape index (κ2) is 8.42. The van der Waals surface area contributed by atoms with E-state index in [2.05, 4.69) is 10.3 Å². The Hall–Kier alpha value is -2.44. The standard InChI is InChI=1S/C17H27N3O4/c1-11(20-16(21)24-17(2,3)4)8-7-9-12-10-19-15(18)14(23-6)13(12)22-5/h7,9-11H,8H2,1-6H3,(H2,18,19)(H,20,21)/b9-7+/t11-/m0/s1. The van der Waals surface area contributed by atoms with Crippen molar-refractivity contribution in [3.63, 3.8) is 0 Å². The Labute approximate surface area is 143 Å². The molecule has 24 heavy (non-hydrogen) atoms. The Bertz CT molecular complexity index is 594. The number of alkyl carbamates (subject to hydrolysis) is 1. The second-order valence-electron chi connectivity index (χ2n) is 6.35. The second-order valence-corrected chi connectivity index (χ2v) is 6.35. The summed E-state index contributed by atoms with van der Waals surface area (Å²) in [7, 11) is 3.05. The zero-order valence-corrected chi connectivity index (χ0v) is 15.2. The first-order valence-electron chi connectivity index (χ1n) is 7.70. The molecule has 0 spiro atoms. The van der Waals surface area contributed by atoms with Crippen LogP contribution in [0, 0.1) is 0 Å². The van der Waals surface area contributed by atoms with Gasteiger partial charge in [-0.25, -0.2) is 9.78 Å². The van der Waals surface area contributed by atoms with E-state index >= 15 is 0 Å². The van der Waals surface area contributed by atoms with Crippen LogP contribution in [0.2, 0.25) is 0 Å². The number of nitrogens with one attached hydrogen (secondary N) is 1. The van der Waals surface area contributed by atoms with Gasteiger partial charge in [-0.05, 0) is 34.1 Å². The van der Waals surface area contributed by atoms with Gasteiger partial charge >= 0.3 is 6.09 Å². The third kappa shape index (κ3) is 5.98. The highest BCUT2D eigenvalue weighted by molar-refractivity contribution is 5.68. The molecule has 0 aliphatic heterocycles. The van der Waals surface area contributed by atoms with Crippen LogP contribution in [0.25, 0.3) is 6.08 Å². The van der Waals surface area contributed by atoms with E-state index in [9.17, 15) is 4.79 Å². The van der Waals surface area contributed by atoms with Gasteiger partial charge in [0, 0.05) is 17.8 Å². The number of rotatable bonds is 6. The monoisotopic (exact) mass is 337 g/mol. The predicted molar refractivity (Wildman–Crippen MR) is 94.2 cm³/mol. The fourth-order valence-corrected chi connectivity index (χ4v) is 2.00. The maximum atomic E-state index is 11.7. The number of carbonyl (C=O) groups excluding carboxylic acids is 1. The molecule has 0 radical (unpaired) electrons. The van der Waals surface area contributed by atoms with Gasteiger partial charge in [0.2, 0.25) is 5.75 Å². The van der Waals surface area contributed by atoms with Crippen molar-refractivity contribution in [2.45, 2.75) is 45.8 Å². The van der Waals surface area contributed by atoms with Gasteiger partial charge in [-0.2, -0.15) is 0 Å². The zero-order valence-electron chi connectivity index (χ0n) is 15.2. The first-order chi connectivity index (χ1) is 11.2. The number of ether oxygens (including phenoxy) is 3. The molecule has 1 rings (SSSR count). The van der Waals surface area contributed by atoms with Crippen molar-refractivity contribution >= 4 is 18.0 Å². The molecular weight excluding hydrogens is 310 g/mol. The summed E-state index contributed by atoms with van der Waals surface area (Å²) in [4.78, 5) is 15.8. The van der Waals surface area contributed by atoms with E-state index in [0.29, 0.717) is 17.9 Å². The summed E-state index contributed by atoms with van der Waals surface area (Å²) in [5.41, 5.74) is 5.99. The zero-order chi connectivity index (χ0) is 18.3. The van der Waals surface area contributed by atoms with Gasteiger partial charge in [-0.1, -0.05) is 12.2 Å². The minimum atomic E-state index is -0.515. The molecule has 0 unspecified atom stereocenters. The van der Waals surface area contributed by atoms with E-state index in [4.69, 9.17) is 19.9 Å². The Morgan fingerprint density at radius 1 is 1.33 bits per heavy atom. The predicted octanol–water partition coefficient (Wildman–Crippen LogP) is 3.00. The number of carbonyl (C=O) groups is 1. The highest BCUT2D eigenvalue weighted by Gasteiger charge is 2.17. The highest BCUT2D eigenvalue weighted by atomic mass is 16.6. The van der Waals surface area contributed by atoms with Crippen LogP contribution in [0.1, 0.15) is 39.7 Å². The largest absolute Gasteiger partial charge is 0.492 e. The molecule has 3 N–H and O–H groups in total. The van der Waals surface area contributed by atoms with Crippen molar-refractivity contribution in [3.8, 4) is 11.5 Å². The third-order valence-corrected chi connectivity index (χ3v) is 3.00. The fraction of sp³-hybridized carbons (Fsp3) is 0.529. The molecule has 0 saturated carbocycles. The lowest BCUT2D eigenvalue weighted by atomic mass is 10.1. The fourth-order valence-electron chi connectivity index (χ4n) is 2.00. The Morgan fingerprint density at radius 3 is 2.50 bits per heavy atom. The topological polar surface area (TPSA) is 95.7 Å². The Morgan fingerprint density at radius 2 is 1.96 bits per heavy atom. The number of hydrogen-bond acceptors (Lipinski definition) is 6. The summed E-state index contributed by atoms with van der Waals surface area (Å²) < 4.78 is 15.8. The summed E-state index contributed by atoms with van der Waals surface area (Å²) in [5.74, 6) is 1.19. The number of amides is 1. The summed E-state index contributed by atoms with van der Waals surface area (Å²) in [6.07, 6.45) is 5.56. The summed E-state index contributed by atoms with van der Waals surface area (Å²) in [6.45, 7) is 7.37. The summed E-state index contributed by atoms with van der Waals surface area (Å²) >= 11 is 0. The minimum absolute atomic E-state index is 0.0780. The molecule has 1 amide bonds. The number of anilines is 1. The normalized spacial score (nSPS) is 12.8. The number of nitrogens with two attached hydrogens (primary N) is 1. The van der Waals surface area contributed by atoms with Crippen LogP contribution in [0.3, 0.4) is 0 Å². The Balaban J connectivity index is 2.69. The molecule has 0 bridgehead atoms. The number of methoxy groups -OCH3 is 2. The van der Waals surface area contributed by atoms with Crippen LogP contribution in [-0.4, -0.2) is 36.9 Å². The van der Waals surface area contributed by atoms with E-state index in [1.165, 1.54) is 7.11 Å². The van der Waals surface area contributed by atoms with Gasteiger partial charge < -0.3 is 25.3 Å². The van der Waals surface area contributed by atoms with Crippen molar-refractivity contribution in [2.75, 3.05) is 20.0 Å².